The van der Waals surface area contributed by atoms with Crippen molar-refractivity contribution in [3.8, 4) is 0 Å². The maximum Gasteiger partial charge on any atom is 0.301 e. The van der Waals surface area contributed by atoms with Crippen molar-refractivity contribution < 1.29 is 9.21 Å². The normalized spacial score (nSPS) is 19.2. The quantitative estimate of drug-likeness (QED) is 0.715. The van der Waals surface area contributed by atoms with Crippen molar-refractivity contribution in [2.75, 3.05) is 50.7 Å². The van der Waals surface area contributed by atoms with Gasteiger partial charge in [0.25, 0.3) is 0 Å². The third-order valence-electron chi connectivity index (χ3n) is 6.12. The predicted octanol–water partition coefficient (Wildman–Crippen LogP) is 4.16. The second kappa shape index (κ2) is 10.1. The van der Waals surface area contributed by atoms with Gasteiger partial charge in [-0.15, -0.1) is 0 Å². The van der Waals surface area contributed by atoms with Crippen molar-refractivity contribution in [1.29, 1.82) is 0 Å². The van der Waals surface area contributed by atoms with Crippen molar-refractivity contribution in [3.05, 3.63) is 52.4 Å². The van der Waals surface area contributed by atoms with Crippen LogP contribution in [-0.4, -0.2) is 61.6 Å². The fourth-order valence-electron chi connectivity index (χ4n) is 4.25. The van der Waals surface area contributed by atoms with Gasteiger partial charge in [0.1, 0.15) is 0 Å². The van der Waals surface area contributed by atoms with Gasteiger partial charge >= 0.3 is 5.91 Å². The molecule has 1 amide bonds. The van der Waals surface area contributed by atoms with E-state index in [9.17, 15) is 4.79 Å². The Balaban J connectivity index is 1.15. The van der Waals surface area contributed by atoms with Crippen LogP contribution in [0.4, 0.5) is 5.69 Å². The van der Waals surface area contributed by atoms with Crippen LogP contribution in [0.5, 0.6) is 0 Å². The highest BCUT2D eigenvalue weighted by Crippen LogP contribution is 2.33. The first kappa shape index (κ1) is 21.5. The highest BCUT2D eigenvalue weighted by Gasteiger charge is 2.24. The van der Waals surface area contributed by atoms with E-state index in [1.165, 1.54) is 12.7 Å². The summed E-state index contributed by atoms with van der Waals surface area (Å²) >= 11 is 12.5. The van der Waals surface area contributed by atoms with Crippen LogP contribution >= 0.6 is 23.2 Å². The Morgan fingerprint density at radius 1 is 1.03 bits per heavy atom. The highest BCUT2D eigenvalue weighted by atomic mass is 35.5. The first-order chi connectivity index (χ1) is 14.6. The molecule has 0 unspecified atom stereocenters. The van der Waals surface area contributed by atoms with Crippen molar-refractivity contribution in [2.45, 2.75) is 19.3 Å². The number of amides is 1. The SMILES string of the molecule is O=C(NN1CCC(CCN2CCN(c3cccc(Cl)c3Cl)CC2)CC1)c1ccco1. The van der Waals surface area contributed by atoms with Crippen LogP contribution in [-0.2, 0) is 0 Å². The second-order valence-corrected chi connectivity index (χ2v) is 8.82. The van der Waals surface area contributed by atoms with Crippen LogP contribution < -0.4 is 10.3 Å². The van der Waals surface area contributed by atoms with E-state index < -0.39 is 0 Å². The Labute approximate surface area is 187 Å². The van der Waals surface area contributed by atoms with Gasteiger partial charge in [-0.2, -0.15) is 0 Å². The molecule has 2 aromatic rings. The lowest BCUT2D eigenvalue weighted by molar-refractivity contribution is 0.0660. The van der Waals surface area contributed by atoms with Crippen LogP contribution in [0.25, 0.3) is 0 Å². The molecule has 3 heterocycles. The largest absolute Gasteiger partial charge is 0.459 e. The molecule has 0 saturated carbocycles. The number of halogens is 2. The molecule has 0 bridgehead atoms. The summed E-state index contributed by atoms with van der Waals surface area (Å²) in [6, 6.07) is 9.24. The summed E-state index contributed by atoms with van der Waals surface area (Å²) in [4.78, 5) is 16.9. The van der Waals surface area contributed by atoms with E-state index in [1.807, 2.05) is 23.2 Å². The summed E-state index contributed by atoms with van der Waals surface area (Å²) < 4.78 is 5.15. The monoisotopic (exact) mass is 450 g/mol. The van der Waals surface area contributed by atoms with Gasteiger partial charge in [-0.25, -0.2) is 5.01 Å². The number of hydrazine groups is 1. The van der Waals surface area contributed by atoms with Gasteiger partial charge in [0.05, 0.1) is 22.0 Å². The smallest absolute Gasteiger partial charge is 0.301 e. The van der Waals surface area contributed by atoms with Gasteiger partial charge in [0.2, 0.25) is 0 Å². The molecule has 4 rings (SSSR count). The van der Waals surface area contributed by atoms with Gasteiger partial charge in [0, 0.05) is 39.3 Å². The number of piperidine rings is 1. The van der Waals surface area contributed by atoms with Gasteiger partial charge < -0.3 is 9.32 Å². The molecule has 2 aliphatic rings. The molecule has 2 aliphatic heterocycles. The number of hydrogen-bond acceptors (Lipinski definition) is 5. The molecule has 2 saturated heterocycles. The zero-order valence-electron chi connectivity index (χ0n) is 17.0. The summed E-state index contributed by atoms with van der Waals surface area (Å²) in [6.45, 7) is 6.92. The van der Waals surface area contributed by atoms with Gasteiger partial charge in [-0.1, -0.05) is 29.3 Å². The Morgan fingerprint density at radius 2 is 1.80 bits per heavy atom. The summed E-state index contributed by atoms with van der Waals surface area (Å²) in [6.07, 6.45) is 4.94. The number of furan rings is 1. The third-order valence-corrected chi connectivity index (χ3v) is 6.93. The number of benzene rings is 1. The van der Waals surface area contributed by atoms with E-state index in [4.69, 9.17) is 27.6 Å². The molecule has 8 heteroatoms. The van der Waals surface area contributed by atoms with Crippen molar-refractivity contribution in [3.63, 3.8) is 0 Å². The zero-order valence-corrected chi connectivity index (χ0v) is 18.5. The van der Waals surface area contributed by atoms with E-state index >= 15 is 0 Å². The van der Waals surface area contributed by atoms with Crippen molar-refractivity contribution in [1.82, 2.24) is 15.3 Å². The molecule has 1 aromatic heterocycles. The van der Waals surface area contributed by atoms with Crippen molar-refractivity contribution >= 4 is 34.8 Å². The highest BCUT2D eigenvalue weighted by molar-refractivity contribution is 6.43. The van der Waals surface area contributed by atoms with Crippen LogP contribution in [0.1, 0.15) is 29.8 Å². The number of carbonyl (C=O) groups is 1. The minimum absolute atomic E-state index is 0.170. The number of nitrogens with one attached hydrogen (secondary N) is 1. The van der Waals surface area contributed by atoms with E-state index in [-0.39, 0.29) is 5.91 Å². The van der Waals surface area contributed by atoms with E-state index in [0.29, 0.717) is 21.7 Å². The summed E-state index contributed by atoms with van der Waals surface area (Å²) in [7, 11) is 0. The Kier molecular flexibility index (Phi) is 7.20. The first-order valence-corrected chi connectivity index (χ1v) is 11.4. The van der Waals surface area contributed by atoms with Gasteiger partial charge in [-0.3, -0.25) is 15.1 Å². The number of hydrogen-bond donors (Lipinski definition) is 1. The number of piperazine rings is 1. The molecular weight excluding hydrogens is 423 g/mol. The average molecular weight is 451 g/mol. The first-order valence-electron chi connectivity index (χ1n) is 10.6. The van der Waals surface area contributed by atoms with Gasteiger partial charge in [-0.05, 0) is 56.0 Å². The average Bonchev–Trinajstić information content (AvgIpc) is 3.31. The fourth-order valence-corrected chi connectivity index (χ4v) is 4.67. The Bertz CT molecular complexity index is 830. The summed E-state index contributed by atoms with van der Waals surface area (Å²) in [5.41, 5.74) is 3.98. The minimum Gasteiger partial charge on any atom is -0.459 e. The van der Waals surface area contributed by atoms with Crippen molar-refractivity contribution in [2.24, 2.45) is 5.92 Å². The summed E-state index contributed by atoms with van der Waals surface area (Å²) in [5.74, 6) is 0.897. The maximum absolute atomic E-state index is 12.1. The lowest BCUT2D eigenvalue weighted by atomic mass is 9.94. The van der Waals surface area contributed by atoms with Crippen LogP contribution in [0.2, 0.25) is 10.0 Å². The molecule has 1 aromatic carbocycles. The molecule has 0 radical (unpaired) electrons. The standard InChI is InChI=1S/C22H28Cl2N4O2/c23-18-3-1-4-19(21(18)24)27-14-12-26(13-15-27)9-6-17-7-10-28(11-8-17)25-22(29)20-5-2-16-30-20/h1-5,16-17H,6-15H2,(H,25,29). The molecule has 6 nitrogen and oxygen atoms in total. The molecule has 30 heavy (non-hydrogen) atoms. The predicted molar refractivity (Wildman–Crippen MR) is 120 cm³/mol. The Morgan fingerprint density at radius 3 is 2.50 bits per heavy atom. The number of nitrogens with zero attached hydrogens (tertiary/aromatic N) is 3. The van der Waals surface area contributed by atoms with E-state index in [2.05, 4.69) is 15.2 Å². The topological polar surface area (TPSA) is 52.0 Å². The minimum atomic E-state index is -0.170. The molecular formula is C22H28Cl2N4O2. The number of carbonyl (C=O) groups excluding carboxylic acids is 1. The fraction of sp³-hybridized carbons (Fsp3) is 0.500. The molecule has 1 N–H and O–H groups in total. The molecule has 0 spiro atoms. The van der Waals surface area contributed by atoms with Crippen LogP contribution in [0.3, 0.4) is 0 Å². The molecule has 0 aliphatic carbocycles. The zero-order chi connectivity index (χ0) is 20.9. The maximum atomic E-state index is 12.1. The number of rotatable bonds is 6. The molecule has 162 valence electrons. The lowest BCUT2D eigenvalue weighted by Crippen LogP contribution is -2.48. The van der Waals surface area contributed by atoms with Crippen LogP contribution in [0, 0.1) is 5.92 Å². The third kappa shape index (κ3) is 5.30. The molecule has 0 atom stereocenters. The van der Waals surface area contributed by atoms with E-state index in [0.717, 1.165) is 64.3 Å². The molecule has 2 fully saturated rings. The van der Waals surface area contributed by atoms with E-state index in [1.54, 1.807) is 12.1 Å². The summed E-state index contributed by atoms with van der Waals surface area (Å²) in [5, 5.41) is 3.27. The number of anilines is 1. The lowest BCUT2D eigenvalue weighted by Gasteiger charge is -2.38. The second-order valence-electron chi connectivity index (χ2n) is 8.04. The van der Waals surface area contributed by atoms with Crippen LogP contribution in [0.15, 0.2) is 41.0 Å². The van der Waals surface area contributed by atoms with Gasteiger partial charge in [0.15, 0.2) is 5.76 Å². The Hall–Kier alpha value is -1.73.